The van der Waals surface area contributed by atoms with Gasteiger partial charge in [-0.2, -0.15) is 0 Å². The molecule has 0 bridgehead atoms. The van der Waals surface area contributed by atoms with E-state index in [-0.39, 0.29) is 24.2 Å². The number of ether oxygens (including phenoxy) is 5. The number of aliphatic hydroxyl groups excluding tert-OH is 1. The monoisotopic (exact) mass is 610 g/mol. The quantitative estimate of drug-likeness (QED) is 0.164. The predicted octanol–water partition coefficient (Wildman–Crippen LogP) is 5.14. The molecule has 0 saturated carbocycles. The van der Waals surface area contributed by atoms with Gasteiger partial charge in [-0.15, -0.1) is 0 Å². The molecule has 0 saturated heterocycles. The third-order valence-corrected chi connectivity index (χ3v) is 7.18. The number of hydrogen-bond acceptors (Lipinski definition) is 8. The van der Waals surface area contributed by atoms with Crippen LogP contribution in [0.1, 0.15) is 79.7 Å². The lowest BCUT2D eigenvalue weighted by atomic mass is 9.82. The number of aliphatic hydroxyl groups is 1. The van der Waals surface area contributed by atoms with Gasteiger partial charge in [-0.1, -0.05) is 40.2 Å². The van der Waals surface area contributed by atoms with Crippen molar-refractivity contribution in [3.05, 3.63) is 23.8 Å². The summed E-state index contributed by atoms with van der Waals surface area (Å²) in [4.78, 5) is 25.4. The van der Waals surface area contributed by atoms with Crippen LogP contribution in [0.3, 0.4) is 0 Å². The lowest BCUT2D eigenvalue weighted by Crippen LogP contribution is -2.48. The number of nitrogens with one attached hydrogen (secondary N) is 2. The van der Waals surface area contributed by atoms with E-state index >= 15 is 0 Å². The Morgan fingerprint density at radius 1 is 0.977 bits per heavy atom. The first-order chi connectivity index (χ1) is 20.3. The van der Waals surface area contributed by atoms with Crippen molar-refractivity contribution in [2.45, 2.75) is 98.3 Å². The Labute approximate surface area is 259 Å². The van der Waals surface area contributed by atoms with E-state index in [1.165, 1.54) is 0 Å². The van der Waals surface area contributed by atoms with Crippen molar-refractivity contribution in [1.82, 2.24) is 10.6 Å². The van der Waals surface area contributed by atoms with E-state index in [2.05, 4.69) is 31.4 Å². The molecule has 0 aliphatic heterocycles. The summed E-state index contributed by atoms with van der Waals surface area (Å²) in [5.74, 6) is 1.09. The maximum absolute atomic E-state index is 12.8. The highest BCUT2D eigenvalue weighted by Gasteiger charge is 2.31. The van der Waals surface area contributed by atoms with Crippen LogP contribution in [0.15, 0.2) is 18.2 Å². The molecule has 10 nitrogen and oxygen atoms in total. The Morgan fingerprint density at radius 3 is 2.28 bits per heavy atom. The highest BCUT2D eigenvalue weighted by molar-refractivity contribution is 5.78. The first-order valence-corrected chi connectivity index (χ1v) is 15.6. The van der Waals surface area contributed by atoms with Gasteiger partial charge in [0.05, 0.1) is 39.1 Å². The Kier molecular flexibility index (Phi) is 18.3. The average Bonchev–Trinajstić information content (AvgIpc) is 2.93. The molecule has 2 amide bonds. The molecule has 0 aliphatic carbocycles. The minimum absolute atomic E-state index is 0.0983. The SMILES string of the molecule is CCCCNC(=O)[C@H](C)C[C@H](O)[C@H](C[C@H](Cc1ccc(OC)c(OCCOCCOC)c1)C(C)C)NC(=O)OC(C)(C)C. The molecule has 0 unspecified atom stereocenters. The second-order valence-electron chi connectivity index (χ2n) is 12.5. The molecule has 248 valence electrons. The summed E-state index contributed by atoms with van der Waals surface area (Å²) in [7, 11) is 3.24. The number of alkyl carbamates (subject to hydrolysis) is 1. The van der Waals surface area contributed by atoms with Crippen molar-refractivity contribution in [3.63, 3.8) is 0 Å². The topological polar surface area (TPSA) is 125 Å². The fourth-order valence-corrected chi connectivity index (χ4v) is 4.60. The van der Waals surface area contributed by atoms with Crippen molar-refractivity contribution in [2.24, 2.45) is 17.8 Å². The van der Waals surface area contributed by atoms with Gasteiger partial charge in [0.1, 0.15) is 12.2 Å². The van der Waals surface area contributed by atoms with Gasteiger partial charge >= 0.3 is 6.09 Å². The fourth-order valence-electron chi connectivity index (χ4n) is 4.60. The molecule has 1 aromatic carbocycles. The zero-order chi connectivity index (χ0) is 32.4. The first kappa shape index (κ1) is 38.5. The molecule has 1 aromatic rings. The van der Waals surface area contributed by atoms with Crippen molar-refractivity contribution >= 4 is 12.0 Å². The summed E-state index contributed by atoms with van der Waals surface area (Å²) in [6, 6.07) is 5.26. The van der Waals surface area contributed by atoms with Gasteiger partial charge in [-0.3, -0.25) is 4.79 Å². The smallest absolute Gasteiger partial charge is 0.407 e. The molecule has 0 fully saturated rings. The van der Waals surface area contributed by atoms with Crippen LogP contribution in [-0.2, 0) is 25.4 Å². The zero-order valence-corrected chi connectivity index (χ0v) is 28.0. The van der Waals surface area contributed by atoms with Gasteiger partial charge < -0.3 is 39.4 Å². The summed E-state index contributed by atoms with van der Waals surface area (Å²) in [5, 5.41) is 17.2. The van der Waals surface area contributed by atoms with Crippen LogP contribution in [0, 0.1) is 17.8 Å². The molecule has 0 aliphatic rings. The molecule has 0 radical (unpaired) electrons. The highest BCUT2D eigenvalue weighted by atomic mass is 16.6. The van der Waals surface area contributed by atoms with E-state index in [9.17, 15) is 14.7 Å². The van der Waals surface area contributed by atoms with Crippen LogP contribution in [-0.4, -0.2) is 82.0 Å². The van der Waals surface area contributed by atoms with Crippen LogP contribution in [0.25, 0.3) is 0 Å². The van der Waals surface area contributed by atoms with Gasteiger partial charge in [-0.25, -0.2) is 4.79 Å². The number of carbonyl (C=O) groups is 2. The fraction of sp³-hybridized carbons (Fsp3) is 0.758. The van der Waals surface area contributed by atoms with Gasteiger partial charge in [0, 0.05) is 19.6 Å². The van der Waals surface area contributed by atoms with Gasteiger partial charge in [0.25, 0.3) is 0 Å². The van der Waals surface area contributed by atoms with E-state index in [1.807, 2.05) is 18.2 Å². The Hall–Kier alpha value is -2.56. The van der Waals surface area contributed by atoms with Crippen molar-refractivity contribution in [3.8, 4) is 11.5 Å². The Balaban J connectivity index is 3.06. The molecule has 0 aromatic heterocycles. The number of carbonyl (C=O) groups excluding carboxylic acids is 2. The second-order valence-corrected chi connectivity index (χ2v) is 12.5. The zero-order valence-electron chi connectivity index (χ0n) is 28.0. The number of hydrogen-bond donors (Lipinski definition) is 3. The van der Waals surface area contributed by atoms with Crippen LogP contribution in [0.2, 0.25) is 0 Å². The predicted molar refractivity (Wildman–Crippen MR) is 169 cm³/mol. The highest BCUT2D eigenvalue weighted by Crippen LogP contribution is 2.31. The molecule has 43 heavy (non-hydrogen) atoms. The summed E-state index contributed by atoms with van der Waals surface area (Å²) in [5.41, 5.74) is 0.363. The van der Waals surface area contributed by atoms with Crippen LogP contribution < -0.4 is 20.1 Å². The number of amides is 2. The number of rotatable bonds is 21. The number of unbranched alkanes of at least 4 members (excludes halogenated alkanes) is 1. The largest absolute Gasteiger partial charge is 0.493 e. The van der Waals surface area contributed by atoms with E-state index in [0.29, 0.717) is 57.3 Å². The lowest BCUT2D eigenvalue weighted by molar-refractivity contribution is -0.125. The van der Waals surface area contributed by atoms with Gasteiger partial charge in [0.2, 0.25) is 5.91 Å². The van der Waals surface area contributed by atoms with Gasteiger partial charge in [-0.05, 0) is 76.0 Å². The third-order valence-electron chi connectivity index (χ3n) is 7.18. The summed E-state index contributed by atoms with van der Waals surface area (Å²) in [6.45, 7) is 16.0. The molecule has 0 heterocycles. The van der Waals surface area contributed by atoms with Crippen molar-refractivity contribution in [2.75, 3.05) is 47.2 Å². The van der Waals surface area contributed by atoms with Gasteiger partial charge in [0.15, 0.2) is 11.5 Å². The van der Waals surface area contributed by atoms with Crippen molar-refractivity contribution in [1.29, 1.82) is 0 Å². The molecule has 10 heteroatoms. The van der Waals surface area contributed by atoms with E-state index < -0.39 is 29.8 Å². The molecule has 0 spiro atoms. The summed E-state index contributed by atoms with van der Waals surface area (Å²) < 4.78 is 27.5. The summed E-state index contributed by atoms with van der Waals surface area (Å²) >= 11 is 0. The molecular formula is C33H58N2O8. The van der Waals surface area contributed by atoms with Crippen LogP contribution in [0.5, 0.6) is 11.5 Å². The van der Waals surface area contributed by atoms with Crippen LogP contribution >= 0.6 is 0 Å². The Morgan fingerprint density at radius 2 is 1.67 bits per heavy atom. The Bertz CT molecular complexity index is 934. The maximum atomic E-state index is 12.8. The van der Waals surface area contributed by atoms with E-state index in [1.54, 1.807) is 41.9 Å². The third kappa shape index (κ3) is 16.2. The minimum atomic E-state index is -0.937. The number of methoxy groups -OCH3 is 2. The van der Waals surface area contributed by atoms with E-state index in [4.69, 9.17) is 23.7 Å². The standard InChI is InChI=1S/C33H58N2O8/c1-10-11-14-34-31(37)24(4)19-28(36)27(35-32(38)43-33(5,6)7)22-26(23(2)3)20-25-12-13-29(40-9)30(21-25)42-18-17-41-16-15-39-8/h12-13,21,23-24,26-28,36H,10-11,14-20,22H2,1-9H3,(H,34,37)(H,35,38)/t24-,26+,27+,28+/m1/s1. The molecule has 1 rings (SSSR count). The molecule has 4 atom stereocenters. The average molecular weight is 611 g/mol. The molecule has 3 N–H and O–H groups in total. The van der Waals surface area contributed by atoms with Crippen LogP contribution in [0.4, 0.5) is 4.79 Å². The van der Waals surface area contributed by atoms with E-state index in [0.717, 1.165) is 18.4 Å². The minimum Gasteiger partial charge on any atom is -0.493 e. The first-order valence-electron chi connectivity index (χ1n) is 15.6. The summed E-state index contributed by atoms with van der Waals surface area (Å²) in [6.07, 6.45) is 1.77. The second kappa shape index (κ2) is 20.4. The van der Waals surface area contributed by atoms with Crippen molar-refractivity contribution < 1.29 is 38.4 Å². The lowest BCUT2D eigenvalue weighted by Gasteiger charge is -2.32. The molecular weight excluding hydrogens is 552 g/mol. The maximum Gasteiger partial charge on any atom is 0.407 e. The number of benzene rings is 1. The normalized spacial score (nSPS) is 14.5.